The van der Waals surface area contributed by atoms with Gasteiger partial charge in [0.1, 0.15) is 5.82 Å². The Morgan fingerprint density at radius 1 is 1.29 bits per heavy atom. The van der Waals surface area contributed by atoms with Crippen molar-refractivity contribution in [1.29, 1.82) is 0 Å². The van der Waals surface area contributed by atoms with Gasteiger partial charge in [-0.05, 0) is 71.6 Å². The standard InChI is InChI=1S/C17H25BrFNO/c1-12(13-4-5-15(19)14(18)10-13)20-11-17(21)8-6-16(2,3)7-9-17/h4-5,10,12,20-21H,6-9,11H2,1-3H3. The Kier molecular flexibility index (Phi) is 5.11. The summed E-state index contributed by atoms with van der Waals surface area (Å²) in [6, 6.07) is 5.13. The van der Waals surface area contributed by atoms with Crippen LogP contribution in [0.4, 0.5) is 4.39 Å². The Bertz CT molecular complexity index is 494. The van der Waals surface area contributed by atoms with Crippen LogP contribution in [0.15, 0.2) is 22.7 Å². The zero-order valence-corrected chi connectivity index (χ0v) is 14.6. The number of hydrogen-bond donors (Lipinski definition) is 2. The monoisotopic (exact) mass is 357 g/mol. The smallest absolute Gasteiger partial charge is 0.137 e. The second-order valence-electron chi connectivity index (χ2n) is 7.16. The van der Waals surface area contributed by atoms with Gasteiger partial charge >= 0.3 is 0 Å². The van der Waals surface area contributed by atoms with E-state index in [0.29, 0.717) is 16.4 Å². The molecule has 0 spiro atoms. The van der Waals surface area contributed by atoms with E-state index in [9.17, 15) is 9.50 Å². The molecule has 118 valence electrons. The van der Waals surface area contributed by atoms with Crippen LogP contribution in [0.3, 0.4) is 0 Å². The lowest BCUT2D eigenvalue weighted by molar-refractivity contribution is -0.0258. The van der Waals surface area contributed by atoms with Crippen LogP contribution in [0.5, 0.6) is 0 Å². The summed E-state index contributed by atoms with van der Waals surface area (Å²) < 4.78 is 13.7. The fourth-order valence-electron chi connectivity index (χ4n) is 2.81. The van der Waals surface area contributed by atoms with Gasteiger partial charge in [-0.25, -0.2) is 4.39 Å². The van der Waals surface area contributed by atoms with Crippen LogP contribution in [-0.4, -0.2) is 17.3 Å². The van der Waals surface area contributed by atoms with E-state index in [1.54, 1.807) is 12.1 Å². The lowest BCUT2D eigenvalue weighted by atomic mass is 9.71. The van der Waals surface area contributed by atoms with Crippen molar-refractivity contribution in [3.05, 3.63) is 34.1 Å². The van der Waals surface area contributed by atoms with Crippen LogP contribution >= 0.6 is 15.9 Å². The molecule has 2 N–H and O–H groups in total. The molecule has 1 unspecified atom stereocenters. The molecule has 1 atom stereocenters. The summed E-state index contributed by atoms with van der Waals surface area (Å²) in [4.78, 5) is 0. The van der Waals surface area contributed by atoms with Crippen molar-refractivity contribution in [2.75, 3.05) is 6.54 Å². The van der Waals surface area contributed by atoms with Crippen LogP contribution in [0, 0.1) is 11.2 Å². The van der Waals surface area contributed by atoms with Gasteiger partial charge in [0.25, 0.3) is 0 Å². The second-order valence-corrected chi connectivity index (χ2v) is 8.02. The number of halogens is 2. The summed E-state index contributed by atoms with van der Waals surface area (Å²) >= 11 is 3.21. The van der Waals surface area contributed by atoms with E-state index in [0.717, 1.165) is 31.2 Å². The Balaban J connectivity index is 1.91. The summed E-state index contributed by atoms with van der Waals surface area (Å²) in [5.41, 5.74) is 0.753. The Labute approximate surface area is 135 Å². The summed E-state index contributed by atoms with van der Waals surface area (Å²) in [5, 5.41) is 14.1. The van der Waals surface area contributed by atoms with Crippen molar-refractivity contribution in [3.8, 4) is 0 Å². The van der Waals surface area contributed by atoms with E-state index in [1.807, 2.05) is 6.92 Å². The fraction of sp³-hybridized carbons (Fsp3) is 0.647. The van der Waals surface area contributed by atoms with Crippen molar-refractivity contribution >= 4 is 15.9 Å². The third-order valence-electron chi connectivity index (χ3n) is 4.72. The summed E-state index contributed by atoms with van der Waals surface area (Å²) in [6.07, 6.45) is 3.79. The summed E-state index contributed by atoms with van der Waals surface area (Å²) in [6.45, 7) is 7.15. The predicted molar refractivity (Wildman–Crippen MR) is 87.7 cm³/mol. The molecule has 21 heavy (non-hydrogen) atoms. The van der Waals surface area contributed by atoms with Gasteiger partial charge in [0.15, 0.2) is 0 Å². The maximum absolute atomic E-state index is 13.3. The minimum atomic E-state index is -0.610. The highest BCUT2D eigenvalue weighted by atomic mass is 79.9. The SMILES string of the molecule is CC(NCC1(O)CCC(C)(C)CC1)c1ccc(F)c(Br)c1. The van der Waals surface area contributed by atoms with Crippen LogP contribution in [0.2, 0.25) is 0 Å². The van der Waals surface area contributed by atoms with Gasteiger partial charge in [-0.15, -0.1) is 0 Å². The Morgan fingerprint density at radius 3 is 2.48 bits per heavy atom. The molecule has 1 aliphatic rings. The number of hydrogen-bond acceptors (Lipinski definition) is 2. The number of aliphatic hydroxyl groups is 1. The number of nitrogens with one attached hydrogen (secondary N) is 1. The van der Waals surface area contributed by atoms with Gasteiger partial charge in [-0.2, -0.15) is 0 Å². The third-order valence-corrected chi connectivity index (χ3v) is 5.32. The van der Waals surface area contributed by atoms with Crippen LogP contribution in [0.25, 0.3) is 0 Å². The highest BCUT2D eigenvalue weighted by Gasteiger charge is 2.36. The van der Waals surface area contributed by atoms with Gasteiger partial charge in [-0.3, -0.25) is 0 Å². The largest absolute Gasteiger partial charge is 0.389 e. The molecule has 0 aliphatic heterocycles. The highest BCUT2D eigenvalue weighted by molar-refractivity contribution is 9.10. The molecule has 2 rings (SSSR count). The van der Waals surface area contributed by atoms with E-state index in [4.69, 9.17) is 0 Å². The summed E-state index contributed by atoms with van der Waals surface area (Å²) in [5.74, 6) is -0.251. The predicted octanol–water partition coefficient (Wildman–Crippen LogP) is 4.57. The molecule has 2 nitrogen and oxygen atoms in total. The second kappa shape index (κ2) is 6.35. The van der Waals surface area contributed by atoms with Crippen LogP contribution in [0.1, 0.15) is 58.1 Å². The lowest BCUT2D eigenvalue weighted by Gasteiger charge is -2.40. The molecular formula is C17H25BrFNO. The van der Waals surface area contributed by atoms with Gasteiger partial charge < -0.3 is 10.4 Å². The molecule has 1 aromatic carbocycles. The molecule has 1 aliphatic carbocycles. The van der Waals surface area contributed by atoms with Crippen LogP contribution in [-0.2, 0) is 0 Å². The first-order valence-corrected chi connectivity index (χ1v) is 8.41. The number of rotatable bonds is 4. The van der Waals surface area contributed by atoms with Crippen molar-refractivity contribution in [1.82, 2.24) is 5.32 Å². The zero-order chi connectivity index (χ0) is 15.7. The van der Waals surface area contributed by atoms with Gasteiger partial charge in [0, 0.05) is 12.6 Å². The molecule has 1 saturated carbocycles. The van der Waals surface area contributed by atoms with E-state index in [2.05, 4.69) is 35.1 Å². The normalized spacial score (nSPS) is 22.0. The minimum Gasteiger partial charge on any atom is -0.389 e. The minimum absolute atomic E-state index is 0.0841. The fourth-order valence-corrected chi connectivity index (χ4v) is 3.21. The van der Waals surface area contributed by atoms with Crippen molar-refractivity contribution in [2.45, 2.75) is 58.1 Å². The van der Waals surface area contributed by atoms with Gasteiger partial charge in [0.05, 0.1) is 10.1 Å². The van der Waals surface area contributed by atoms with E-state index < -0.39 is 5.60 Å². The average molecular weight is 358 g/mol. The Hall–Kier alpha value is -0.450. The average Bonchev–Trinajstić information content (AvgIpc) is 2.43. The molecule has 0 bridgehead atoms. The first kappa shape index (κ1) is 16.9. The molecule has 0 saturated heterocycles. The molecule has 0 heterocycles. The maximum Gasteiger partial charge on any atom is 0.137 e. The molecule has 0 radical (unpaired) electrons. The first-order valence-electron chi connectivity index (χ1n) is 7.62. The molecule has 0 amide bonds. The molecular weight excluding hydrogens is 333 g/mol. The zero-order valence-electron chi connectivity index (χ0n) is 13.0. The molecule has 0 aromatic heterocycles. The number of benzene rings is 1. The summed E-state index contributed by atoms with van der Waals surface area (Å²) in [7, 11) is 0. The molecule has 4 heteroatoms. The van der Waals surface area contributed by atoms with Crippen molar-refractivity contribution in [3.63, 3.8) is 0 Å². The van der Waals surface area contributed by atoms with Crippen molar-refractivity contribution < 1.29 is 9.50 Å². The highest BCUT2D eigenvalue weighted by Crippen LogP contribution is 2.40. The molecule has 1 fully saturated rings. The maximum atomic E-state index is 13.3. The van der Waals surface area contributed by atoms with E-state index >= 15 is 0 Å². The van der Waals surface area contributed by atoms with Gasteiger partial charge in [0.2, 0.25) is 0 Å². The first-order chi connectivity index (χ1) is 9.71. The quantitative estimate of drug-likeness (QED) is 0.826. The van der Waals surface area contributed by atoms with Crippen LogP contribution < -0.4 is 5.32 Å². The third kappa shape index (κ3) is 4.51. The van der Waals surface area contributed by atoms with Gasteiger partial charge in [-0.1, -0.05) is 19.9 Å². The molecule has 1 aromatic rings. The van der Waals surface area contributed by atoms with Crippen molar-refractivity contribution in [2.24, 2.45) is 5.41 Å². The lowest BCUT2D eigenvalue weighted by Crippen LogP contribution is -2.45. The topological polar surface area (TPSA) is 32.3 Å². The Morgan fingerprint density at radius 2 is 1.90 bits per heavy atom. The van der Waals surface area contributed by atoms with E-state index in [-0.39, 0.29) is 11.9 Å². The van der Waals surface area contributed by atoms with E-state index in [1.165, 1.54) is 6.07 Å².